The number of halogens is 1. The van der Waals surface area contributed by atoms with Crippen LogP contribution in [0.1, 0.15) is 5.56 Å². The topological polar surface area (TPSA) is 127 Å². The van der Waals surface area contributed by atoms with Gasteiger partial charge < -0.3 is 21.5 Å². The van der Waals surface area contributed by atoms with E-state index in [0.29, 0.717) is 0 Å². The number of hydrogen-bond donors (Lipinski definition) is 3. The van der Waals surface area contributed by atoms with E-state index in [9.17, 15) is 18.8 Å². The number of anilines is 1. The summed E-state index contributed by atoms with van der Waals surface area (Å²) in [5, 5.41) is 8.62. The lowest BCUT2D eigenvalue weighted by molar-refractivity contribution is -0.131. The van der Waals surface area contributed by atoms with Gasteiger partial charge in [0.2, 0.25) is 11.8 Å². The van der Waals surface area contributed by atoms with Crippen molar-refractivity contribution >= 4 is 29.5 Å². The van der Waals surface area contributed by atoms with Gasteiger partial charge in [-0.25, -0.2) is 9.18 Å². The van der Waals surface area contributed by atoms with E-state index in [4.69, 9.17) is 16.6 Å². The number of primary amides is 2. The lowest BCUT2D eigenvalue weighted by atomic mass is 10.1. The third-order valence-corrected chi connectivity index (χ3v) is 2.43. The number of carbonyl (C=O) groups excluding carboxylic acids is 2. The Kier molecular flexibility index (Phi) is 5.41. The molecule has 0 saturated heterocycles. The van der Waals surface area contributed by atoms with Crippen molar-refractivity contribution < 1.29 is 23.9 Å². The van der Waals surface area contributed by atoms with Crippen LogP contribution in [0.4, 0.5) is 10.1 Å². The number of nitrogens with two attached hydrogens (primary N) is 2. The zero-order valence-electron chi connectivity index (χ0n) is 11.0. The predicted octanol–water partition coefficient (Wildman–Crippen LogP) is -0.299. The monoisotopic (exact) mass is 295 g/mol. The average molecular weight is 295 g/mol. The molecule has 1 rings (SSSR count). The minimum Gasteiger partial charge on any atom is -0.478 e. The van der Waals surface area contributed by atoms with Gasteiger partial charge in [-0.3, -0.25) is 9.59 Å². The number of hydrogen-bond acceptors (Lipinski definition) is 4. The quantitative estimate of drug-likeness (QED) is 0.595. The lowest BCUT2D eigenvalue weighted by Gasteiger charge is -2.24. The minimum absolute atomic E-state index is 0.118. The van der Waals surface area contributed by atoms with Gasteiger partial charge in [-0.05, 0) is 12.1 Å². The van der Waals surface area contributed by atoms with E-state index in [-0.39, 0.29) is 11.3 Å². The fraction of sp³-hybridized carbons (Fsp3) is 0.154. The van der Waals surface area contributed by atoms with E-state index in [0.717, 1.165) is 23.1 Å². The van der Waals surface area contributed by atoms with Crippen molar-refractivity contribution in [1.82, 2.24) is 0 Å². The summed E-state index contributed by atoms with van der Waals surface area (Å²) in [6.07, 6.45) is 1.96. The Balaban J connectivity index is 3.30. The zero-order chi connectivity index (χ0) is 16.0. The van der Waals surface area contributed by atoms with E-state index in [1.165, 1.54) is 12.1 Å². The molecule has 0 atom stereocenters. The largest absolute Gasteiger partial charge is 0.478 e. The summed E-state index contributed by atoms with van der Waals surface area (Å²) in [6, 6.07) is 3.92. The Labute approximate surface area is 119 Å². The molecular formula is C13H14FN3O4. The maximum Gasteiger partial charge on any atom is 0.328 e. The van der Waals surface area contributed by atoms with Crippen molar-refractivity contribution in [3.63, 3.8) is 0 Å². The molecule has 21 heavy (non-hydrogen) atoms. The fourth-order valence-corrected chi connectivity index (χ4v) is 1.75. The van der Waals surface area contributed by atoms with Crippen LogP contribution < -0.4 is 16.4 Å². The molecular weight excluding hydrogens is 281 g/mol. The average Bonchev–Trinajstić information content (AvgIpc) is 2.34. The maximum atomic E-state index is 14.0. The molecule has 8 heteroatoms. The summed E-state index contributed by atoms with van der Waals surface area (Å²) in [5.74, 6) is -3.52. The van der Waals surface area contributed by atoms with Crippen molar-refractivity contribution in [3.05, 3.63) is 35.7 Å². The fourth-order valence-electron chi connectivity index (χ4n) is 1.75. The summed E-state index contributed by atoms with van der Waals surface area (Å²) in [6.45, 7) is -0.866. The molecule has 112 valence electrons. The van der Waals surface area contributed by atoms with E-state index in [1.807, 2.05) is 0 Å². The van der Waals surface area contributed by atoms with Gasteiger partial charge in [-0.2, -0.15) is 0 Å². The SMILES string of the molecule is NC(=O)CN(CC(N)=O)c1c(F)cccc1/C=C/C(=O)O. The molecule has 0 spiro atoms. The van der Waals surface area contributed by atoms with Gasteiger partial charge in [0.25, 0.3) is 0 Å². The molecule has 0 fully saturated rings. The summed E-state index contributed by atoms with van der Waals surface area (Å²) in [7, 11) is 0. The summed E-state index contributed by atoms with van der Waals surface area (Å²) in [5.41, 5.74) is 10.2. The number of rotatable bonds is 7. The van der Waals surface area contributed by atoms with Gasteiger partial charge >= 0.3 is 5.97 Å². The molecule has 0 radical (unpaired) electrons. The minimum atomic E-state index is -1.22. The number of carbonyl (C=O) groups is 3. The van der Waals surface area contributed by atoms with Crippen molar-refractivity contribution in [3.8, 4) is 0 Å². The van der Waals surface area contributed by atoms with Crippen LogP contribution in [0.25, 0.3) is 6.08 Å². The molecule has 0 aliphatic heterocycles. The number of amides is 2. The highest BCUT2D eigenvalue weighted by molar-refractivity contribution is 5.89. The third-order valence-electron chi connectivity index (χ3n) is 2.43. The van der Waals surface area contributed by atoms with E-state index in [2.05, 4.69) is 0 Å². The first-order chi connectivity index (χ1) is 9.81. The Morgan fingerprint density at radius 3 is 2.24 bits per heavy atom. The molecule has 0 saturated carbocycles. The van der Waals surface area contributed by atoms with Crippen LogP contribution in [0, 0.1) is 5.82 Å². The van der Waals surface area contributed by atoms with Crippen molar-refractivity contribution in [2.75, 3.05) is 18.0 Å². The van der Waals surface area contributed by atoms with E-state index >= 15 is 0 Å². The first-order valence-electron chi connectivity index (χ1n) is 5.82. The second-order valence-corrected chi connectivity index (χ2v) is 4.14. The summed E-state index contributed by atoms with van der Waals surface area (Å²) >= 11 is 0. The van der Waals surface area contributed by atoms with Gasteiger partial charge in [0, 0.05) is 11.6 Å². The first-order valence-corrected chi connectivity index (χ1v) is 5.82. The van der Waals surface area contributed by atoms with Gasteiger partial charge in [0.1, 0.15) is 5.82 Å². The highest BCUT2D eigenvalue weighted by Crippen LogP contribution is 2.25. The molecule has 0 bridgehead atoms. The molecule has 0 aliphatic carbocycles. The summed E-state index contributed by atoms with van der Waals surface area (Å²) in [4.78, 5) is 33.7. The van der Waals surface area contributed by atoms with Crippen molar-refractivity contribution in [2.24, 2.45) is 11.5 Å². The van der Waals surface area contributed by atoms with E-state index < -0.39 is 36.7 Å². The molecule has 0 heterocycles. The molecule has 0 aliphatic rings. The molecule has 5 N–H and O–H groups in total. The number of para-hydroxylation sites is 1. The third kappa shape index (κ3) is 4.94. The number of benzene rings is 1. The van der Waals surface area contributed by atoms with Crippen LogP contribution in [0.2, 0.25) is 0 Å². The van der Waals surface area contributed by atoms with Crippen LogP contribution in [-0.2, 0) is 14.4 Å². The van der Waals surface area contributed by atoms with Crippen molar-refractivity contribution in [1.29, 1.82) is 0 Å². The number of carboxylic acids is 1. The maximum absolute atomic E-state index is 14.0. The Morgan fingerprint density at radius 1 is 1.19 bits per heavy atom. The van der Waals surface area contributed by atoms with Crippen LogP contribution in [-0.4, -0.2) is 36.0 Å². The normalized spacial score (nSPS) is 10.5. The highest BCUT2D eigenvalue weighted by Gasteiger charge is 2.18. The molecule has 0 unspecified atom stereocenters. The Morgan fingerprint density at radius 2 is 1.76 bits per heavy atom. The Hall–Kier alpha value is -2.90. The number of nitrogens with zero attached hydrogens (tertiary/aromatic N) is 1. The molecule has 1 aromatic carbocycles. The molecule has 2 amide bonds. The first kappa shape index (κ1) is 16.2. The number of carboxylic acid groups (broad SMARTS) is 1. The summed E-state index contributed by atoms with van der Waals surface area (Å²) < 4.78 is 14.0. The lowest BCUT2D eigenvalue weighted by Crippen LogP contribution is -2.40. The van der Waals surface area contributed by atoms with Crippen LogP contribution >= 0.6 is 0 Å². The molecule has 1 aromatic rings. The predicted molar refractivity (Wildman–Crippen MR) is 73.7 cm³/mol. The second kappa shape index (κ2) is 7.04. The zero-order valence-corrected chi connectivity index (χ0v) is 11.0. The van der Waals surface area contributed by atoms with Crippen LogP contribution in [0.3, 0.4) is 0 Å². The molecule has 0 aromatic heterocycles. The van der Waals surface area contributed by atoms with Gasteiger partial charge in [-0.1, -0.05) is 12.1 Å². The van der Waals surface area contributed by atoms with Gasteiger partial charge in [0.05, 0.1) is 18.8 Å². The number of aliphatic carboxylic acids is 1. The van der Waals surface area contributed by atoms with Crippen molar-refractivity contribution in [2.45, 2.75) is 0 Å². The Bertz CT molecular complexity index is 585. The second-order valence-electron chi connectivity index (χ2n) is 4.14. The highest BCUT2D eigenvalue weighted by atomic mass is 19.1. The van der Waals surface area contributed by atoms with Gasteiger partial charge in [0.15, 0.2) is 0 Å². The smallest absolute Gasteiger partial charge is 0.328 e. The van der Waals surface area contributed by atoms with E-state index in [1.54, 1.807) is 0 Å². The standard InChI is InChI=1S/C13H14FN3O4/c14-9-3-1-2-8(4-5-12(20)21)13(9)17(6-10(15)18)7-11(16)19/h1-5H,6-7H2,(H2,15,18)(H2,16,19)(H,20,21)/b5-4+. The van der Waals surface area contributed by atoms with Crippen LogP contribution in [0.15, 0.2) is 24.3 Å². The van der Waals surface area contributed by atoms with Gasteiger partial charge in [-0.15, -0.1) is 0 Å². The van der Waals surface area contributed by atoms with Crippen LogP contribution in [0.5, 0.6) is 0 Å². The molecule has 7 nitrogen and oxygen atoms in total.